The summed E-state index contributed by atoms with van der Waals surface area (Å²) in [7, 11) is 3.75. The number of nitrogens with one attached hydrogen (secondary N) is 1. The van der Waals surface area contributed by atoms with Crippen molar-refractivity contribution in [3.63, 3.8) is 0 Å². The molecule has 30 heavy (non-hydrogen) atoms. The Balaban J connectivity index is 2.39. The first kappa shape index (κ1) is 22.5. The maximum Gasteiger partial charge on any atom is 0.327 e. The van der Waals surface area contributed by atoms with Crippen molar-refractivity contribution in [3.8, 4) is 17.2 Å². The highest BCUT2D eigenvalue weighted by Gasteiger charge is 2.32. The summed E-state index contributed by atoms with van der Waals surface area (Å²) in [5.41, 5.74) is 1.26. The molecule has 0 saturated carbocycles. The van der Waals surface area contributed by atoms with Gasteiger partial charge in [-0.05, 0) is 22.0 Å². The van der Waals surface area contributed by atoms with Crippen LogP contribution >= 0.6 is 15.9 Å². The number of amides is 1. The summed E-state index contributed by atoms with van der Waals surface area (Å²) in [6.07, 6.45) is 1.15. The minimum atomic E-state index is -0.927. The first-order chi connectivity index (χ1) is 14.2. The molecular weight excluding hydrogens is 468 g/mol. The van der Waals surface area contributed by atoms with Gasteiger partial charge in [-0.15, -0.1) is 0 Å². The minimum absolute atomic E-state index is 0.0395. The average molecular weight is 483 g/mol. The van der Waals surface area contributed by atoms with Crippen molar-refractivity contribution in [3.05, 3.63) is 60.1 Å². The Kier molecular flexibility index (Phi) is 7.25. The van der Waals surface area contributed by atoms with Crippen LogP contribution in [-0.4, -0.2) is 43.3 Å². The molecule has 0 atom stereocenters. The fourth-order valence-corrected chi connectivity index (χ4v) is 2.86. The Bertz CT molecular complexity index is 1040. The van der Waals surface area contributed by atoms with Crippen molar-refractivity contribution in [2.24, 2.45) is 5.10 Å². The van der Waals surface area contributed by atoms with E-state index in [0.717, 1.165) is 12.3 Å². The smallest absolute Gasteiger partial charge is 0.327 e. The van der Waals surface area contributed by atoms with Crippen molar-refractivity contribution in [2.75, 3.05) is 21.3 Å². The van der Waals surface area contributed by atoms with Gasteiger partial charge in [-0.3, -0.25) is 25.0 Å². The molecule has 0 saturated heterocycles. The van der Waals surface area contributed by atoms with Gasteiger partial charge in [-0.25, -0.2) is 5.43 Å². The molecule has 13 heteroatoms. The number of nitrogens with zero attached hydrogens (tertiary/aromatic N) is 3. The number of hydrogen-bond acceptors (Lipinski definition) is 9. The van der Waals surface area contributed by atoms with Crippen LogP contribution in [0.25, 0.3) is 0 Å². The Morgan fingerprint density at radius 2 is 1.73 bits per heavy atom. The normalized spacial score (nSPS) is 10.5. The Labute approximate surface area is 177 Å². The molecule has 0 spiro atoms. The zero-order valence-electron chi connectivity index (χ0n) is 15.9. The number of methoxy groups -OCH3 is 3. The molecule has 2 aromatic rings. The third kappa shape index (κ3) is 4.63. The molecular formula is C17H15BrN4O8. The third-order valence-electron chi connectivity index (χ3n) is 3.78. The van der Waals surface area contributed by atoms with E-state index >= 15 is 0 Å². The van der Waals surface area contributed by atoms with Crippen molar-refractivity contribution in [1.29, 1.82) is 0 Å². The number of benzene rings is 2. The lowest BCUT2D eigenvalue weighted by atomic mass is 10.1. The zero-order chi connectivity index (χ0) is 22.4. The number of ether oxygens (including phenoxy) is 3. The van der Waals surface area contributed by atoms with Gasteiger partial charge in [-0.2, -0.15) is 5.10 Å². The zero-order valence-corrected chi connectivity index (χ0v) is 17.5. The van der Waals surface area contributed by atoms with Gasteiger partial charge in [-0.1, -0.05) is 6.07 Å². The summed E-state index contributed by atoms with van der Waals surface area (Å²) in [4.78, 5) is 33.7. The second kappa shape index (κ2) is 9.65. The summed E-state index contributed by atoms with van der Waals surface area (Å²) in [5, 5.41) is 26.2. The molecule has 0 aliphatic rings. The summed E-state index contributed by atoms with van der Waals surface area (Å²) >= 11 is 3.06. The third-order valence-corrected chi connectivity index (χ3v) is 4.45. The summed E-state index contributed by atoms with van der Waals surface area (Å²) in [6, 6.07) is 5.33. The molecule has 0 bridgehead atoms. The van der Waals surface area contributed by atoms with E-state index in [1.54, 1.807) is 0 Å². The predicted molar refractivity (Wildman–Crippen MR) is 109 cm³/mol. The van der Waals surface area contributed by atoms with Crippen LogP contribution in [0.5, 0.6) is 17.2 Å². The van der Waals surface area contributed by atoms with Gasteiger partial charge in [0.05, 0.1) is 41.9 Å². The number of hydrazone groups is 1. The molecule has 0 fully saturated rings. The average Bonchev–Trinajstić information content (AvgIpc) is 2.72. The van der Waals surface area contributed by atoms with Crippen LogP contribution in [0.1, 0.15) is 15.9 Å². The maximum atomic E-state index is 12.5. The lowest BCUT2D eigenvalue weighted by Crippen LogP contribution is -2.20. The second-order valence-corrected chi connectivity index (χ2v) is 6.32. The highest BCUT2D eigenvalue weighted by Crippen LogP contribution is 2.46. The summed E-state index contributed by atoms with van der Waals surface area (Å²) in [5.74, 6) is -1.23. The van der Waals surface area contributed by atoms with E-state index in [-0.39, 0.29) is 33.0 Å². The topological polar surface area (TPSA) is 155 Å². The molecule has 2 aromatic carbocycles. The predicted octanol–water partition coefficient (Wildman–Crippen LogP) is 3.06. The van der Waals surface area contributed by atoms with Gasteiger partial charge in [0.1, 0.15) is 5.56 Å². The number of carbonyl (C=O) groups is 1. The van der Waals surface area contributed by atoms with Crippen molar-refractivity contribution in [2.45, 2.75) is 0 Å². The molecule has 0 heterocycles. The summed E-state index contributed by atoms with van der Waals surface area (Å²) < 4.78 is 15.5. The highest BCUT2D eigenvalue weighted by molar-refractivity contribution is 9.10. The molecule has 0 aliphatic heterocycles. The fraction of sp³-hybridized carbons (Fsp3) is 0.176. The number of halogens is 1. The standard InChI is InChI=1S/C17H15BrN4O8/c1-28-13-7-10(14(22(26)27)16(30-3)15(13)29-2)17(23)20-19-8-9-4-5-11(18)12(6-9)21(24)25/h4-8H,1-3H3,(H,20,23)/b19-8+. The molecule has 0 aromatic heterocycles. The lowest BCUT2D eigenvalue weighted by Gasteiger charge is -2.14. The monoisotopic (exact) mass is 482 g/mol. The molecule has 0 unspecified atom stereocenters. The molecule has 0 radical (unpaired) electrons. The van der Waals surface area contributed by atoms with Gasteiger partial charge in [0.2, 0.25) is 11.5 Å². The Morgan fingerprint density at radius 1 is 1.07 bits per heavy atom. The fourth-order valence-electron chi connectivity index (χ4n) is 2.47. The first-order valence-corrected chi connectivity index (χ1v) is 8.79. The first-order valence-electron chi connectivity index (χ1n) is 7.99. The van der Waals surface area contributed by atoms with E-state index in [2.05, 4.69) is 26.5 Å². The second-order valence-electron chi connectivity index (χ2n) is 5.47. The number of carbonyl (C=O) groups excluding carboxylic acids is 1. The Morgan fingerprint density at radius 3 is 2.27 bits per heavy atom. The van der Waals surface area contributed by atoms with Gasteiger partial charge in [0.15, 0.2) is 5.75 Å². The number of nitro groups is 2. The van der Waals surface area contributed by atoms with Gasteiger partial charge in [0.25, 0.3) is 11.6 Å². The van der Waals surface area contributed by atoms with Crippen LogP contribution < -0.4 is 19.6 Å². The van der Waals surface area contributed by atoms with Crippen LogP contribution in [-0.2, 0) is 0 Å². The van der Waals surface area contributed by atoms with E-state index in [1.807, 2.05) is 0 Å². The van der Waals surface area contributed by atoms with Crippen LogP contribution in [0.3, 0.4) is 0 Å². The SMILES string of the molecule is COc1cc(C(=O)N/N=C/c2ccc(Br)c([N+](=O)[O-])c2)c([N+](=O)[O-])c(OC)c1OC. The van der Waals surface area contributed by atoms with E-state index in [9.17, 15) is 25.0 Å². The van der Waals surface area contributed by atoms with Crippen LogP contribution in [0, 0.1) is 20.2 Å². The molecule has 0 aliphatic carbocycles. The molecule has 12 nitrogen and oxygen atoms in total. The lowest BCUT2D eigenvalue weighted by molar-refractivity contribution is -0.386. The summed E-state index contributed by atoms with van der Waals surface area (Å²) in [6.45, 7) is 0. The molecule has 2 rings (SSSR count). The van der Waals surface area contributed by atoms with E-state index in [1.165, 1.54) is 39.5 Å². The van der Waals surface area contributed by atoms with Gasteiger partial charge < -0.3 is 14.2 Å². The number of nitro benzene ring substituents is 2. The minimum Gasteiger partial charge on any atom is -0.493 e. The maximum absolute atomic E-state index is 12.5. The number of hydrogen-bond donors (Lipinski definition) is 1. The van der Waals surface area contributed by atoms with E-state index in [0.29, 0.717) is 5.56 Å². The van der Waals surface area contributed by atoms with Crippen LogP contribution in [0.2, 0.25) is 0 Å². The molecule has 1 N–H and O–H groups in total. The van der Waals surface area contributed by atoms with Crippen LogP contribution in [0.15, 0.2) is 33.8 Å². The van der Waals surface area contributed by atoms with Crippen molar-refractivity contribution >= 4 is 39.4 Å². The largest absolute Gasteiger partial charge is 0.493 e. The number of rotatable bonds is 8. The van der Waals surface area contributed by atoms with Gasteiger partial charge >= 0.3 is 5.69 Å². The van der Waals surface area contributed by atoms with Crippen LogP contribution in [0.4, 0.5) is 11.4 Å². The highest BCUT2D eigenvalue weighted by atomic mass is 79.9. The quantitative estimate of drug-likeness (QED) is 0.341. The molecule has 1 amide bonds. The van der Waals surface area contributed by atoms with E-state index < -0.39 is 21.4 Å². The van der Waals surface area contributed by atoms with E-state index in [4.69, 9.17) is 14.2 Å². The Hall–Kier alpha value is -3.74. The van der Waals surface area contributed by atoms with Crippen molar-refractivity contribution < 1.29 is 28.9 Å². The van der Waals surface area contributed by atoms with Gasteiger partial charge in [0, 0.05) is 17.7 Å². The molecule has 158 valence electrons. The van der Waals surface area contributed by atoms with Crippen molar-refractivity contribution in [1.82, 2.24) is 5.43 Å².